The van der Waals surface area contributed by atoms with Crippen molar-refractivity contribution in [2.75, 3.05) is 0 Å². The normalized spacial score (nSPS) is 12.8. The SMILES string of the molecule is CC(Cl)c1nc2cc(Br)ccc2n1-c1c(F)cccc1Br. The van der Waals surface area contributed by atoms with Gasteiger partial charge in [-0.05, 0) is 53.2 Å². The summed E-state index contributed by atoms with van der Waals surface area (Å²) in [4.78, 5) is 4.55. The molecule has 0 spiro atoms. The zero-order valence-corrected chi connectivity index (χ0v) is 14.9. The highest BCUT2D eigenvalue weighted by Gasteiger charge is 2.20. The maximum Gasteiger partial charge on any atom is 0.148 e. The molecule has 21 heavy (non-hydrogen) atoms. The largest absolute Gasteiger partial charge is 0.291 e. The maximum atomic E-state index is 14.3. The fraction of sp³-hybridized carbons (Fsp3) is 0.133. The van der Waals surface area contributed by atoms with Crippen LogP contribution < -0.4 is 0 Å². The summed E-state index contributed by atoms with van der Waals surface area (Å²) in [5.74, 6) is 0.278. The molecule has 3 aromatic rings. The first-order chi connectivity index (χ1) is 9.99. The van der Waals surface area contributed by atoms with Gasteiger partial charge in [-0.3, -0.25) is 4.57 Å². The summed E-state index contributed by atoms with van der Waals surface area (Å²) in [6.07, 6.45) is 0. The van der Waals surface area contributed by atoms with Crippen molar-refractivity contribution < 1.29 is 4.39 Å². The van der Waals surface area contributed by atoms with Gasteiger partial charge in [0, 0.05) is 8.95 Å². The van der Waals surface area contributed by atoms with Gasteiger partial charge in [-0.2, -0.15) is 0 Å². The highest BCUT2D eigenvalue weighted by atomic mass is 79.9. The average Bonchev–Trinajstić information content (AvgIpc) is 2.77. The Morgan fingerprint density at radius 2 is 2.00 bits per heavy atom. The predicted octanol–water partition coefficient (Wildman–Crippen LogP) is 5.99. The van der Waals surface area contributed by atoms with Gasteiger partial charge >= 0.3 is 0 Å². The van der Waals surface area contributed by atoms with E-state index in [1.54, 1.807) is 16.7 Å². The maximum absolute atomic E-state index is 14.3. The number of aromatic nitrogens is 2. The lowest BCUT2D eigenvalue weighted by Crippen LogP contribution is -2.05. The minimum Gasteiger partial charge on any atom is -0.291 e. The second-order valence-corrected chi connectivity index (χ2v) is 7.05. The molecule has 1 unspecified atom stereocenters. The molecular weight excluding hydrogens is 422 g/mol. The first-order valence-electron chi connectivity index (χ1n) is 6.25. The van der Waals surface area contributed by atoms with Crippen LogP contribution in [0.3, 0.4) is 0 Å². The molecule has 0 saturated heterocycles. The van der Waals surface area contributed by atoms with Crippen LogP contribution in [0.15, 0.2) is 45.3 Å². The number of rotatable bonds is 2. The second-order valence-electron chi connectivity index (χ2n) is 4.62. The second kappa shape index (κ2) is 5.71. The van der Waals surface area contributed by atoms with Crippen LogP contribution in [0.25, 0.3) is 16.7 Å². The van der Waals surface area contributed by atoms with Crippen LogP contribution >= 0.6 is 43.5 Å². The third kappa shape index (κ3) is 2.62. The topological polar surface area (TPSA) is 17.8 Å². The van der Waals surface area contributed by atoms with Crippen molar-refractivity contribution in [3.05, 3.63) is 57.0 Å². The molecule has 0 saturated carbocycles. The molecule has 1 atom stereocenters. The molecule has 0 N–H and O–H groups in total. The minimum absolute atomic E-state index is 0.329. The van der Waals surface area contributed by atoms with E-state index in [2.05, 4.69) is 36.8 Å². The molecule has 0 aliphatic carbocycles. The van der Waals surface area contributed by atoms with E-state index in [0.717, 1.165) is 15.5 Å². The summed E-state index contributed by atoms with van der Waals surface area (Å²) in [5.41, 5.74) is 2.00. The number of nitrogens with zero attached hydrogens (tertiary/aromatic N) is 2. The van der Waals surface area contributed by atoms with Crippen LogP contribution in [0.1, 0.15) is 18.1 Å². The summed E-state index contributed by atoms with van der Waals surface area (Å²) in [5, 5.41) is -0.345. The highest BCUT2D eigenvalue weighted by Crippen LogP contribution is 2.33. The smallest absolute Gasteiger partial charge is 0.148 e. The van der Waals surface area contributed by atoms with E-state index in [0.29, 0.717) is 16.0 Å². The van der Waals surface area contributed by atoms with E-state index in [4.69, 9.17) is 11.6 Å². The first kappa shape index (κ1) is 15.0. The average molecular weight is 433 g/mol. The molecule has 6 heteroatoms. The molecule has 1 aromatic heterocycles. The molecule has 0 bridgehead atoms. The fourth-order valence-electron chi connectivity index (χ4n) is 2.28. The number of imidazole rings is 1. The summed E-state index contributed by atoms with van der Waals surface area (Å²) in [6, 6.07) is 10.6. The molecule has 0 radical (unpaired) electrons. The molecule has 2 aromatic carbocycles. The lowest BCUT2D eigenvalue weighted by Gasteiger charge is -2.13. The fourth-order valence-corrected chi connectivity index (χ4v) is 3.29. The first-order valence-corrected chi connectivity index (χ1v) is 8.27. The summed E-state index contributed by atoms with van der Waals surface area (Å²) in [6.45, 7) is 1.82. The molecule has 0 aliphatic heterocycles. The summed E-state index contributed by atoms with van der Waals surface area (Å²) in [7, 11) is 0. The van der Waals surface area contributed by atoms with Gasteiger partial charge in [-0.15, -0.1) is 11.6 Å². The predicted molar refractivity (Wildman–Crippen MR) is 90.7 cm³/mol. The van der Waals surface area contributed by atoms with Gasteiger partial charge in [0.15, 0.2) is 0 Å². The molecular formula is C15H10Br2ClFN2. The lowest BCUT2D eigenvalue weighted by atomic mass is 10.2. The molecule has 1 heterocycles. The molecule has 0 fully saturated rings. The van der Waals surface area contributed by atoms with E-state index >= 15 is 0 Å². The van der Waals surface area contributed by atoms with Crippen molar-refractivity contribution in [2.45, 2.75) is 12.3 Å². The van der Waals surface area contributed by atoms with Gasteiger partial charge in [0.25, 0.3) is 0 Å². The molecule has 108 valence electrons. The van der Waals surface area contributed by atoms with E-state index in [1.165, 1.54) is 6.07 Å². The molecule has 0 amide bonds. The number of halogens is 4. The zero-order chi connectivity index (χ0) is 15.1. The van der Waals surface area contributed by atoms with Crippen molar-refractivity contribution in [1.82, 2.24) is 9.55 Å². The van der Waals surface area contributed by atoms with Crippen LogP contribution in [0.2, 0.25) is 0 Å². The number of benzene rings is 2. The van der Waals surface area contributed by atoms with Crippen LogP contribution in [-0.4, -0.2) is 9.55 Å². The van der Waals surface area contributed by atoms with Crippen molar-refractivity contribution in [1.29, 1.82) is 0 Å². The monoisotopic (exact) mass is 430 g/mol. The Hall–Kier alpha value is -0.910. The Balaban J connectivity index is 2.42. The quantitative estimate of drug-likeness (QED) is 0.455. The number of hydrogen-bond donors (Lipinski definition) is 0. The lowest BCUT2D eigenvalue weighted by molar-refractivity contribution is 0.615. The Labute approximate surface area is 143 Å². The Morgan fingerprint density at radius 1 is 1.24 bits per heavy atom. The van der Waals surface area contributed by atoms with Gasteiger partial charge in [-0.25, -0.2) is 9.37 Å². The standard InChI is InChI=1S/C15H10Br2ClFN2/c1-8(18)15-20-12-7-9(16)5-6-13(12)21(15)14-10(17)3-2-4-11(14)19/h2-8H,1H3. The third-order valence-electron chi connectivity index (χ3n) is 3.16. The van der Waals surface area contributed by atoms with E-state index in [9.17, 15) is 4.39 Å². The van der Waals surface area contributed by atoms with Crippen molar-refractivity contribution in [3.63, 3.8) is 0 Å². The van der Waals surface area contributed by atoms with Crippen molar-refractivity contribution >= 4 is 54.5 Å². The summed E-state index contributed by atoms with van der Waals surface area (Å²) >= 11 is 13.1. The Kier molecular flexibility index (Phi) is 4.08. The van der Waals surface area contributed by atoms with Crippen molar-refractivity contribution in [3.8, 4) is 5.69 Å². The van der Waals surface area contributed by atoms with Gasteiger partial charge in [-0.1, -0.05) is 22.0 Å². The van der Waals surface area contributed by atoms with E-state index in [-0.39, 0.29) is 11.2 Å². The van der Waals surface area contributed by atoms with Gasteiger partial charge < -0.3 is 0 Å². The molecule has 0 aliphatic rings. The molecule has 2 nitrogen and oxygen atoms in total. The number of fused-ring (bicyclic) bond motifs is 1. The third-order valence-corrected chi connectivity index (χ3v) is 4.49. The highest BCUT2D eigenvalue weighted by molar-refractivity contribution is 9.10. The van der Waals surface area contributed by atoms with E-state index < -0.39 is 0 Å². The number of para-hydroxylation sites is 1. The number of hydrogen-bond acceptors (Lipinski definition) is 1. The zero-order valence-electron chi connectivity index (χ0n) is 10.9. The van der Waals surface area contributed by atoms with Crippen LogP contribution in [-0.2, 0) is 0 Å². The molecule has 3 rings (SSSR count). The minimum atomic E-state index is -0.345. The van der Waals surface area contributed by atoms with Crippen LogP contribution in [0.4, 0.5) is 4.39 Å². The van der Waals surface area contributed by atoms with Gasteiger partial charge in [0.2, 0.25) is 0 Å². The summed E-state index contributed by atoms with van der Waals surface area (Å²) < 4.78 is 17.7. The number of alkyl halides is 1. The van der Waals surface area contributed by atoms with Crippen molar-refractivity contribution in [2.24, 2.45) is 0 Å². The Morgan fingerprint density at radius 3 is 2.67 bits per heavy atom. The van der Waals surface area contributed by atoms with Gasteiger partial charge in [0.05, 0.1) is 22.1 Å². The van der Waals surface area contributed by atoms with Crippen LogP contribution in [0.5, 0.6) is 0 Å². The van der Waals surface area contributed by atoms with Gasteiger partial charge in [0.1, 0.15) is 11.6 Å². The van der Waals surface area contributed by atoms with E-state index in [1.807, 2.05) is 25.1 Å². The van der Waals surface area contributed by atoms with Crippen LogP contribution in [0, 0.1) is 5.82 Å². The Bertz CT molecular complexity index is 810.